The Morgan fingerprint density at radius 1 is 0.805 bits per heavy atom. The normalized spacial score (nSPS) is 19.0. The van der Waals surface area contributed by atoms with Gasteiger partial charge in [0.2, 0.25) is 0 Å². The van der Waals surface area contributed by atoms with E-state index in [0.717, 1.165) is 0 Å². The molecule has 218 valence electrons. The van der Waals surface area contributed by atoms with Gasteiger partial charge in [0.05, 0.1) is 0 Å². The fraction of sp³-hybridized carbons (Fsp3) is 0.421. The molecule has 0 saturated carbocycles. The second-order valence-electron chi connectivity index (χ2n) is 14.2. The van der Waals surface area contributed by atoms with Crippen LogP contribution in [0.25, 0.3) is 32.7 Å². The Hall–Kier alpha value is -1.40. The van der Waals surface area contributed by atoms with Gasteiger partial charge in [-0.2, -0.15) is 11.6 Å². The van der Waals surface area contributed by atoms with Crippen molar-refractivity contribution in [3.8, 4) is 0 Å². The van der Waals surface area contributed by atoms with Gasteiger partial charge in [0.15, 0.2) is 0 Å². The molecule has 1 unspecified atom stereocenters. The number of benzene rings is 2. The Balaban J connectivity index is 0.000000310. The van der Waals surface area contributed by atoms with E-state index in [0.29, 0.717) is 11.3 Å². The van der Waals surface area contributed by atoms with E-state index in [1.54, 1.807) is 24.2 Å². The van der Waals surface area contributed by atoms with E-state index in [-0.39, 0.29) is 35.6 Å². The second-order valence-corrected chi connectivity index (χ2v) is 16.6. The van der Waals surface area contributed by atoms with Crippen molar-refractivity contribution in [2.24, 2.45) is 11.3 Å². The quantitative estimate of drug-likeness (QED) is 0.303. The first-order chi connectivity index (χ1) is 17.9. The van der Waals surface area contributed by atoms with Crippen molar-refractivity contribution in [1.29, 1.82) is 0 Å². The van der Waals surface area contributed by atoms with Gasteiger partial charge in [-0.3, -0.25) is 6.08 Å². The summed E-state index contributed by atoms with van der Waals surface area (Å²) < 4.78 is 1.51. The van der Waals surface area contributed by atoms with Gasteiger partial charge in [-0.25, -0.2) is 6.08 Å². The SMILES string of the molecule is CC1=CC(C)(C)c2cc3[cH-]c4cc5c(cc4c3cc21)C(C)=CC5(C)C.CC1[C-]=CC(C(C)(C)C)=C1.C[C](C)=[Zr+2].[Cl-].[Cl-]. The van der Waals surface area contributed by atoms with Crippen molar-refractivity contribution in [3.05, 3.63) is 88.5 Å². The third-order valence-corrected chi connectivity index (χ3v) is 8.17. The van der Waals surface area contributed by atoms with Crippen LogP contribution in [0.1, 0.15) is 105 Å². The van der Waals surface area contributed by atoms with E-state index in [1.807, 2.05) is 0 Å². The number of hydrogen-bond acceptors (Lipinski definition) is 0. The van der Waals surface area contributed by atoms with E-state index >= 15 is 0 Å². The molecule has 6 rings (SSSR count). The molecule has 0 amide bonds. The van der Waals surface area contributed by atoms with E-state index < -0.39 is 0 Å². The molecule has 3 aliphatic rings. The van der Waals surface area contributed by atoms with E-state index in [2.05, 4.69) is 144 Å². The van der Waals surface area contributed by atoms with Crippen LogP contribution < -0.4 is 24.8 Å². The monoisotopic (exact) mass is 662 g/mol. The maximum Gasteiger partial charge on any atom is -1.00 e. The second kappa shape index (κ2) is 12.7. The molecule has 0 N–H and O–H groups in total. The van der Waals surface area contributed by atoms with Gasteiger partial charge in [-0.05, 0) is 36.1 Å². The van der Waals surface area contributed by atoms with E-state index in [1.165, 1.54) is 63.7 Å². The van der Waals surface area contributed by atoms with Crippen LogP contribution in [0.5, 0.6) is 0 Å². The summed E-state index contributed by atoms with van der Waals surface area (Å²) >= 11 is 1.55. The molecule has 1 atom stereocenters. The van der Waals surface area contributed by atoms with Gasteiger partial charge in [0.1, 0.15) is 0 Å². The zero-order chi connectivity index (χ0) is 29.1. The van der Waals surface area contributed by atoms with Crippen LogP contribution in [0.2, 0.25) is 0 Å². The Morgan fingerprint density at radius 3 is 1.49 bits per heavy atom. The fourth-order valence-electron chi connectivity index (χ4n) is 6.27. The maximum absolute atomic E-state index is 3.26. The average molecular weight is 665 g/mol. The first-order valence-corrected chi connectivity index (χ1v) is 15.6. The third kappa shape index (κ3) is 7.40. The molecule has 0 spiro atoms. The van der Waals surface area contributed by atoms with Crippen LogP contribution in [0.15, 0.2) is 60.2 Å². The largest absolute Gasteiger partial charge is 1.00 e. The topological polar surface area (TPSA) is 0 Å². The molecular formula is C38H46Cl2Zr-2. The maximum atomic E-state index is 3.26. The molecule has 3 aromatic carbocycles. The summed E-state index contributed by atoms with van der Waals surface area (Å²) in [6.07, 6.45) is 12.5. The number of halogens is 2. The van der Waals surface area contributed by atoms with Crippen molar-refractivity contribution in [1.82, 2.24) is 0 Å². The number of allylic oxidation sites excluding steroid dienone is 8. The average Bonchev–Trinajstić information content (AvgIpc) is 3.49. The van der Waals surface area contributed by atoms with Gasteiger partial charge in [0.25, 0.3) is 0 Å². The summed E-state index contributed by atoms with van der Waals surface area (Å²) in [6, 6.07) is 12.1. The van der Waals surface area contributed by atoms with Gasteiger partial charge >= 0.3 is 41.3 Å². The Labute approximate surface area is 277 Å². The van der Waals surface area contributed by atoms with Crippen LogP contribution in [0.4, 0.5) is 0 Å². The van der Waals surface area contributed by atoms with Crippen LogP contribution in [0, 0.1) is 17.4 Å². The number of fused-ring (bicyclic) bond motifs is 5. The summed E-state index contributed by atoms with van der Waals surface area (Å²) in [4.78, 5) is 0. The minimum Gasteiger partial charge on any atom is -1.00 e. The summed E-state index contributed by atoms with van der Waals surface area (Å²) in [6.45, 7) is 26.9. The zero-order valence-electron chi connectivity index (χ0n) is 27.0. The zero-order valence-corrected chi connectivity index (χ0v) is 31.0. The van der Waals surface area contributed by atoms with Crippen LogP contribution in [-0.4, -0.2) is 3.21 Å². The fourth-order valence-corrected chi connectivity index (χ4v) is 6.27. The summed E-state index contributed by atoms with van der Waals surface area (Å²) in [7, 11) is 0. The van der Waals surface area contributed by atoms with E-state index in [4.69, 9.17) is 0 Å². The smallest absolute Gasteiger partial charge is 1.00 e. The molecule has 3 heteroatoms. The van der Waals surface area contributed by atoms with Crippen LogP contribution in [0.3, 0.4) is 0 Å². The molecule has 3 aromatic rings. The predicted octanol–water partition coefficient (Wildman–Crippen LogP) is 4.82. The first kappa shape index (κ1) is 35.8. The van der Waals surface area contributed by atoms with Gasteiger partial charge in [-0.1, -0.05) is 102 Å². The van der Waals surface area contributed by atoms with Crippen molar-refractivity contribution in [2.75, 3.05) is 0 Å². The Bertz CT molecular complexity index is 1500. The molecule has 0 aromatic heterocycles. The minimum atomic E-state index is 0. The molecule has 0 aliphatic heterocycles. The third-order valence-electron chi connectivity index (χ3n) is 8.17. The van der Waals surface area contributed by atoms with Crippen LogP contribution in [-0.2, 0) is 35.1 Å². The first-order valence-electron chi connectivity index (χ1n) is 14.4. The Morgan fingerprint density at radius 2 is 1.20 bits per heavy atom. The molecule has 0 saturated heterocycles. The molecule has 0 nitrogen and oxygen atoms in total. The molecular weight excluding hydrogens is 619 g/mol. The summed E-state index contributed by atoms with van der Waals surface area (Å²) in [5.41, 5.74) is 10.6. The summed E-state index contributed by atoms with van der Waals surface area (Å²) in [5.74, 6) is 0.522. The number of rotatable bonds is 0. The predicted molar refractivity (Wildman–Crippen MR) is 171 cm³/mol. The summed E-state index contributed by atoms with van der Waals surface area (Å²) in [5, 5.41) is 5.57. The van der Waals surface area contributed by atoms with Crippen molar-refractivity contribution >= 4 is 35.9 Å². The molecule has 0 radical (unpaired) electrons. The van der Waals surface area contributed by atoms with Crippen molar-refractivity contribution in [2.45, 2.75) is 93.9 Å². The van der Waals surface area contributed by atoms with E-state index in [9.17, 15) is 0 Å². The van der Waals surface area contributed by atoms with Gasteiger partial charge in [0, 0.05) is 10.8 Å². The molecule has 3 aliphatic carbocycles. The Kier molecular flexibility index (Phi) is 11.1. The minimum absolute atomic E-state index is 0. The van der Waals surface area contributed by atoms with Gasteiger partial charge < -0.3 is 24.8 Å². The molecule has 0 bridgehead atoms. The molecule has 0 heterocycles. The van der Waals surface area contributed by atoms with Crippen LogP contribution >= 0.6 is 0 Å². The standard InChI is InChI=1S/C25H25.C10H15.C3H6.2ClH.Zr/c1-14-12-24(3,4)22-8-16-7-17-9-23-19(15(2)13-25(23,5)6)11-21(17)20(16)10-18(14)22;1-8-5-6-9(7-8)10(2,3)4;1-3-2;;;/h7-13H,1-6H3;6-8H,1-4H3;1-2H3;2*1H;/q2*-1;;;;+2/p-2. The van der Waals surface area contributed by atoms with Crippen molar-refractivity contribution < 1.29 is 49.0 Å². The molecule has 0 fully saturated rings. The molecule has 41 heavy (non-hydrogen) atoms. The van der Waals surface area contributed by atoms with Gasteiger partial charge in [-0.15, -0.1) is 39.7 Å². The van der Waals surface area contributed by atoms with Crippen molar-refractivity contribution in [3.63, 3.8) is 0 Å². The number of hydrogen-bond donors (Lipinski definition) is 0.